The van der Waals surface area contributed by atoms with Crippen molar-refractivity contribution in [1.82, 2.24) is 15.0 Å². The first-order chi connectivity index (χ1) is 7.88. The number of nitrogens with one attached hydrogen (secondary N) is 1. The summed E-state index contributed by atoms with van der Waals surface area (Å²) in [5.41, 5.74) is 2.07. The fourth-order valence-electron chi connectivity index (χ4n) is 2.01. The van der Waals surface area contributed by atoms with Crippen molar-refractivity contribution >= 4 is 21.9 Å². The Morgan fingerprint density at radius 3 is 2.94 bits per heavy atom. The summed E-state index contributed by atoms with van der Waals surface area (Å²) in [7, 11) is 0. The number of aromatic amines is 1. The molecule has 0 aliphatic heterocycles. The molecule has 0 radical (unpaired) electrons. The van der Waals surface area contributed by atoms with Gasteiger partial charge < -0.3 is 4.98 Å². The van der Waals surface area contributed by atoms with Gasteiger partial charge in [-0.3, -0.25) is 0 Å². The lowest BCUT2D eigenvalue weighted by atomic mass is 10.2. The number of hydrogen-bond acceptors (Lipinski definition) is 2. The zero-order chi connectivity index (χ0) is 11.0. The Bertz CT molecular complexity index is 640. The normalized spacial score (nSPS) is 11.3. The summed E-state index contributed by atoms with van der Waals surface area (Å²) in [4.78, 5) is 12.2. The molecule has 0 bridgehead atoms. The summed E-state index contributed by atoms with van der Waals surface area (Å²) >= 11 is 0. The van der Waals surface area contributed by atoms with Crippen LogP contribution in [0.3, 0.4) is 0 Å². The van der Waals surface area contributed by atoms with E-state index in [2.05, 4.69) is 34.0 Å². The van der Waals surface area contributed by atoms with E-state index in [9.17, 15) is 0 Å². The minimum Gasteiger partial charge on any atom is -0.339 e. The topological polar surface area (TPSA) is 41.6 Å². The second-order valence-electron chi connectivity index (χ2n) is 3.97. The highest BCUT2D eigenvalue weighted by atomic mass is 14.9. The van der Waals surface area contributed by atoms with E-state index in [1.54, 1.807) is 0 Å². The molecule has 3 heteroatoms. The van der Waals surface area contributed by atoms with Crippen LogP contribution in [-0.4, -0.2) is 15.0 Å². The number of aromatic nitrogens is 3. The zero-order valence-corrected chi connectivity index (χ0v) is 9.20. The molecule has 0 spiro atoms. The van der Waals surface area contributed by atoms with Gasteiger partial charge in [-0.05, 0) is 12.5 Å². The van der Waals surface area contributed by atoms with Crippen LogP contribution in [0.4, 0.5) is 0 Å². The first-order valence-corrected chi connectivity index (χ1v) is 5.61. The van der Waals surface area contributed by atoms with Gasteiger partial charge in [0, 0.05) is 28.9 Å². The van der Waals surface area contributed by atoms with Gasteiger partial charge in [0.2, 0.25) is 0 Å². The van der Waals surface area contributed by atoms with Gasteiger partial charge in [-0.25, -0.2) is 9.97 Å². The molecule has 0 saturated carbocycles. The maximum atomic E-state index is 4.54. The van der Waals surface area contributed by atoms with Crippen molar-refractivity contribution in [3.05, 3.63) is 36.3 Å². The maximum Gasteiger partial charge on any atom is 0.142 e. The number of nitrogens with zero attached hydrogens (tertiary/aromatic N) is 2. The third-order valence-electron chi connectivity index (χ3n) is 2.78. The average molecular weight is 211 g/mol. The van der Waals surface area contributed by atoms with E-state index >= 15 is 0 Å². The summed E-state index contributed by atoms with van der Waals surface area (Å²) in [5, 5.41) is 2.30. The Hall–Kier alpha value is -1.90. The molecule has 0 fully saturated rings. The second-order valence-corrected chi connectivity index (χ2v) is 3.97. The minimum atomic E-state index is 0.918. The van der Waals surface area contributed by atoms with Gasteiger partial charge >= 0.3 is 0 Å². The van der Waals surface area contributed by atoms with E-state index in [-0.39, 0.29) is 0 Å². The van der Waals surface area contributed by atoms with E-state index in [1.807, 2.05) is 18.3 Å². The van der Waals surface area contributed by atoms with Gasteiger partial charge in [-0.15, -0.1) is 0 Å². The van der Waals surface area contributed by atoms with Gasteiger partial charge in [0.15, 0.2) is 0 Å². The molecule has 0 amide bonds. The summed E-state index contributed by atoms with van der Waals surface area (Å²) in [6, 6.07) is 8.22. The monoisotopic (exact) mass is 211 g/mol. The van der Waals surface area contributed by atoms with E-state index < -0.39 is 0 Å². The molecular weight excluding hydrogens is 198 g/mol. The Labute approximate surface area is 93.5 Å². The molecule has 1 aromatic carbocycles. The molecular formula is C13H13N3. The van der Waals surface area contributed by atoms with Crippen molar-refractivity contribution in [1.29, 1.82) is 0 Å². The molecule has 2 heterocycles. The van der Waals surface area contributed by atoms with Crippen LogP contribution in [0.25, 0.3) is 21.9 Å². The lowest BCUT2D eigenvalue weighted by molar-refractivity contribution is 0.843. The van der Waals surface area contributed by atoms with Crippen molar-refractivity contribution in [3.63, 3.8) is 0 Å². The van der Waals surface area contributed by atoms with Crippen LogP contribution in [0.5, 0.6) is 0 Å². The molecule has 3 rings (SSSR count). The summed E-state index contributed by atoms with van der Waals surface area (Å²) < 4.78 is 0. The number of fused-ring (bicyclic) bond motifs is 3. The molecule has 3 aromatic rings. The van der Waals surface area contributed by atoms with Crippen LogP contribution in [0.1, 0.15) is 19.2 Å². The molecule has 3 nitrogen and oxygen atoms in total. The third-order valence-corrected chi connectivity index (χ3v) is 2.78. The largest absolute Gasteiger partial charge is 0.339 e. The Balaban J connectivity index is 2.28. The molecule has 0 saturated heterocycles. The molecule has 1 N–H and O–H groups in total. The number of para-hydroxylation sites is 1. The fraction of sp³-hybridized carbons (Fsp3) is 0.231. The average Bonchev–Trinajstić information content (AvgIpc) is 2.67. The molecule has 0 unspecified atom stereocenters. The number of hydrogen-bond donors (Lipinski definition) is 1. The number of aryl methyl sites for hydroxylation is 1. The van der Waals surface area contributed by atoms with E-state index in [0.717, 1.165) is 35.2 Å². The van der Waals surface area contributed by atoms with Crippen molar-refractivity contribution in [3.8, 4) is 0 Å². The molecule has 0 aliphatic carbocycles. The lowest BCUT2D eigenvalue weighted by Crippen LogP contribution is -1.93. The van der Waals surface area contributed by atoms with Crippen molar-refractivity contribution in [2.75, 3.05) is 0 Å². The summed E-state index contributed by atoms with van der Waals surface area (Å²) in [6.07, 6.45) is 3.93. The molecule has 0 atom stereocenters. The highest BCUT2D eigenvalue weighted by Crippen LogP contribution is 2.22. The van der Waals surface area contributed by atoms with Crippen LogP contribution >= 0.6 is 0 Å². The Morgan fingerprint density at radius 1 is 1.19 bits per heavy atom. The smallest absolute Gasteiger partial charge is 0.142 e. The van der Waals surface area contributed by atoms with Crippen molar-refractivity contribution in [2.45, 2.75) is 19.8 Å². The predicted molar refractivity (Wildman–Crippen MR) is 65.4 cm³/mol. The molecule has 16 heavy (non-hydrogen) atoms. The van der Waals surface area contributed by atoms with Crippen LogP contribution in [0.15, 0.2) is 30.5 Å². The number of rotatable bonds is 2. The van der Waals surface area contributed by atoms with Gasteiger partial charge in [-0.2, -0.15) is 0 Å². The summed E-state index contributed by atoms with van der Waals surface area (Å²) in [6.45, 7) is 2.14. The highest BCUT2D eigenvalue weighted by molar-refractivity contribution is 6.05. The maximum absolute atomic E-state index is 4.54. The predicted octanol–water partition coefficient (Wildman–Crippen LogP) is 3.06. The van der Waals surface area contributed by atoms with E-state index in [4.69, 9.17) is 0 Å². The highest BCUT2D eigenvalue weighted by Gasteiger charge is 2.05. The number of benzene rings is 1. The van der Waals surface area contributed by atoms with Crippen LogP contribution < -0.4 is 0 Å². The molecule has 80 valence electrons. The van der Waals surface area contributed by atoms with E-state index in [0.29, 0.717) is 0 Å². The first kappa shape index (κ1) is 9.33. The Morgan fingerprint density at radius 2 is 2.06 bits per heavy atom. The third kappa shape index (κ3) is 1.36. The Kier molecular flexibility index (Phi) is 2.10. The van der Waals surface area contributed by atoms with Gasteiger partial charge in [0.25, 0.3) is 0 Å². The summed E-state index contributed by atoms with van der Waals surface area (Å²) in [5.74, 6) is 0.918. The van der Waals surface area contributed by atoms with Crippen LogP contribution in [-0.2, 0) is 6.42 Å². The second kappa shape index (κ2) is 3.59. The minimum absolute atomic E-state index is 0.918. The SMILES string of the molecule is CCCc1ncc2c(n1)[nH]c1ccccc12. The van der Waals surface area contributed by atoms with Gasteiger partial charge in [-0.1, -0.05) is 25.1 Å². The quantitative estimate of drug-likeness (QED) is 0.707. The number of H-pyrrole nitrogens is 1. The van der Waals surface area contributed by atoms with Crippen LogP contribution in [0.2, 0.25) is 0 Å². The van der Waals surface area contributed by atoms with E-state index in [1.165, 1.54) is 5.39 Å². The zero-order valence-electron chi connectivity index (χ0n) is 9.20. The van der Waals surface area contributed by atoms with Crippen LogP contribution in [0, 0.1) is 0 Å². The van der Waals surface area contributed by atoms with Crippen molar-refractivity contribution < 1.29 is 0 Å². The van der Waals surface area contributed by atoms with Gasteiger partial charge in [0.1, 0.15) is 11.5 Å². The van der Waals surface area contributed by atoms with Crippen molar-refractivity contribution in [2.24, 2.45) is 0 Å². The van der Waals surface area contributed by atoms with Gasteiger partial charge in [0.05, 0.1) is 0 Å². The fourth-order valence-corrected chi connectivity index (χ4v) is 2.01. The first-order valence-electron chi connectivity index (χ1n) is 5.61. The lowest BCUT2D eigenvalue weighted by Gasteiger charge is -1.96. The molecule has 2 aromatic heterocycles. The molecule has 0 aliphatic rings. The standard InChI is InChI=1S/C13H13N3/c1-2-5-12-14-8-10-9-6-3-4-7-11(9)15-13(10)16-12/h3-4,6-8H,2,5H2,1H3,(H,14,15,16).